The van der Waals surface area contributed by atoms with E-state index in [0.717, 1.165) is 0 Å². The molecule has 78 heavy (non-hydrogen) atoms. The molecule has 0 unspecified atom stereocenters. The topological polar surface area (TPSA) is 35.5 Å². The second-order valence-corrected chi connectivity index (χ2v) is 39.2. The van der Waals surface area contributed by atoms with Crippen molar-refractivity contribution < 1.29 is 13.2 Å². The molecule has 0 fully saturated rings. The van der Waals surface area contributed by atoms with E-state index in [-0.39, 0.29) is 0 Å². The minimum atomic E-state index is -2.90. The summed E-state index contributed by atoms with van der Waals surface area (Å²) in [5.74, 6) is 0. The van der Waals surface area contributed by atoms with Crippen molar-refractivity contribution in [3.05, 3.63) is 0 Å². The fourth-order valence-electron chi connectivity index (χ4n) is 13.3. The Labute approximate surface area is 497 Å². The van der Waals surface area contributed by atoms with E-state index in [1.54, 1.807) is 0 Å². The average molecular weight is 1160 g/mol. The van der Waals surface area contributed by atoms with Gasteiger partial charge in [-0.25, -0.2) is 0 Å². The van der Waals surface area contributed by atoms with Crippen LogP contribution in [0.1, 0.15) is 416 Å². The zero-order chi connectivity index (χ0) is 57.7. The van der Waals surface area contributed by atoms with Gasteiger partial charge >= 0.3 is 421 Å². The van der Waals surface area contributed by atoms with Crippen molar-refractivity contribution in [2.45, 2.75) is 416 Å². The standard InChI is InChI=1S/C64H136O3P3.C8H18/c1-9-17-25-33-35-37-39-41-43-45-47-55-63-69(57-49-27-19-11-3,58-50-28-20-12-4,59-51-29-21-13-5)66-68(65)67-70(60-52-30-22-14-6,61-53-31-23-15-7,62-54-32-24-16-8)64-56-48-46-44-42-40-38-36-34-26-18-10-2;1-3-5-7-8-6-4-2/h9-64H2,1-8H3;3-8H2,1-2H3/q+1;. The molecule has 0 saturated heterocycles. The quantitative estimate of drug-likeness (QED) is 0.0450. The van der Waals surface area contributed by atoms with Gasteiger partial charge in [0.25, 0.3) is 0 Å². The molecule has 0 aromatic heterocycles. The van der Waals surface area contributed by atoms with Crippen molar-refractivity contribution >= 4 is 21.9 Å². The van der Waals surface area contributed by atoms with Gasteiger partial charge in [0.2, 0.25) is 0 Å². The summed E-state index contributed by atoms with van der Waals surface area (Å²) in [6.07, 6.45) is 82.0. The second-order valence-electron chi connectivity index (χ2n) is 26.4. The van der Waals surface area contributed by atoms with E-state index < -0.39 is 21.9 Å². The van der Waals surface area contributed by atoms with E-state index in [1.165, 1.54) is 396 Å². The molecular formula is C72H154O3P3+. The van der Waals surface area contributed by atoms with Crippen LogP contribution in [0.4, 0.5) is 0 Å². The number of hydrogen-bond acceptors (Lipinski definition) is 3. The van der Waals surface area contributed by atoms with Crippen molar-refractivity contribution in [1.82, 2.24) is 0 Å². The normalized spacial score (nSPS) is 13.3. The molecule has 0 bridgehead atoms. The Kier molecular flexibility index (Phi) is 61.9. The summed E-state index contributed by atoms with van der Waals surface area (Å²) in [5.41, 5.74) is 0. The summed E-state index contributed by atoms with van der Waals surface area (Å²) in [5, 5.41) is 0. The van der Waals surface area contributed by atoms with Gasteiger partial charge in [-0.15, -0.1) is 0 Å². The number of hydrogen-bond donors (Lipinski definition) is 0. The smallest absolute Gasteiger partial charge is 0.0654 e. The van der Waals surface area contributed by atoms with E-state index in [0.29, 0.717) is 0 Å². The molecule has 0 amide bonds. The van der Waals surface area contributed by atoms with Gasteiger partial charge in [-0.05, 0) is 0 Å². The summed E-state index contributed by atoms with van der Waals surface area (Å²) in [6.45, 7) is 17.5. The Bertz CT molecular complexity index is 1040. The SMILES string of the molecule is CCCCCCCC.CCCCCCCCCCCCCCP(CCCCCC)(CCCCCC)(CCCCCC)O[P+](=O)OP(CCCCCC)(CCCCCC)(CCCCCC)CCCCCCCCCCCCCC. The van der Waals surface area contributed by atoms with Crippen LogP contribution in [-0.2, 0) is 13.2 Å². The molecule has 0 rings (SSSR count). The van der Waals surface area contributed by atoms with Crippen LogP contribution in [0.2, 0.25) is 0 Å². The van der Waals surface area contributed by atoms with E-state index in [2.05, 4.69) is 69.2 Å². The van der Waals surface area contributed by atoms with Gasteiger partial charge in [-0.2, -0.15) is 0 Å². The Balaban J connectivity index is 0. The van der Waals surface area contributed by atoms with Crippen molar-refractivity contribution in [2.24, 2.45) is 0 Å². The Morgan fingerprint density at radius 3 is 0.410 bits per heavy atom. The molecule has 474 valence electrons. The van der Waals surface area contributed by atoms with Crippen LogP contribution in [0.25, 0.3) is 0 Å². The monoisotopic (exact) mass is 1160 g/mol. The molecule has 0 N–H and O–H groups in total. The van der Waals surface area contributed by atoms with E-state index >= 15 is 4.57 Å². The molecule has 0 aliphatic heterocycles. The number of rotatable bonds is 65. The molecule has 0 saturated carbocycles. The first kappa shape index (κ1) is 80.9. The zero-order valence-corrected chi connectivity index (χ0v) is 59.1. The number of unbranched alkanes of at least 4 members (excludes halogenated alkanes) is 45. The van der Waals surface area contributed by atoms with Crippen molar-refractivity contribution in [3.8, 4) is 0 Å². The molecule has 0 atom stereocenters. The van der Waals surface area contributed by atoms with Gasteiger partial charge in [0, 0.05) is 0 Å². The summed E-state index contributed by atoms with van der Waals surface area (Å²) in [4.78, 5) is 0. The maximum atomic E-state index is 16.0. The predicted molar refractivity (Wildman–Crippen MR) is 369 cm³/mol. The zero-order valence-electron chi connectivity index (χ0n) is 56.4. The molecule has 0 heterocycles. The Hall–Kier alpha value is 0.880. The van der Waals surface area contributed by atoms with Crippen LogP contribution >= 0.6 is 21.9 Å². The average Bonchev–Trinajstić information content (AvgIpc) is 3.46. The van der Waals surface area contributed by atoms with Gasteiger partial charge in [-0.3, -0.25) is 0 Å². The minimum Gasteiger partial charge on any atom is -0.0654 e. The third-order valence-electron chi connectivity index (χ3n) is 18.7. The first-order valence-corrected chi connectivity index (χ1v) is 43.9. The first-order valence-electron chi connectivity index (χ1n) is 37.0. The van der Waals surface area contributed by atoms with Gasteiger partial charge < -0.3 is 0 Å². The Morgan fingerprint density at radius 2 is 0.282 bits per heavy atom. The summed E-state index contributed by atoms with van der Waals surface area (Å²) in [7, 11) is -2.22. The van der Waals surface area contributed by atoms with Crippen molar-refractivity contribution in [1.29, 1.82) is 0 Å². The third kappa shape index (κ3) is 46.2. The molecule has 0 aromatic carbocycles. The molecule has 6 heteroatoms. The van der Waals surface area contributed by atoms with Crippen molar-refractivity contribution in [2.75, 3.05) is 49.3 Å². The van der Waals surface area contributed by atoms with Gasteiger partial charge in [0.1, 0.15) is 0 Å². The predicted octanol–water partition coefficient (Wildman–Crippen LogP) is 28.9. The summed E-state index contributed by atoms with van der Waals surface area (Å²) >= 11 is 0. The van der Waals surface area contributed by atoms with Crippen LogP contribution < -0.4 is 0 Å². The van der Waals surface area contributed by atoms with Crippen LogP contribution in [0.5, 0.6) is 0 Å². The van der Waals surface area contributed by atoms with Crippen molar-refractivity contribution in [3.63, 3.8) is 0 Å². The third-order valence-corrected chi connectivity index (χ3v) is 35.0. The van der Waals surface area contributed by atoms with E-state index in [9.17, 15) is 0 Å². The van der Waals surface area contributed by atoms with Gasteiger partial charge in [0.05, 0.1) is 0 Å². The molecule has 0 aliphatic carbocycles. The first-order chi connectivity index (χ1) is 38.1. The van der Waals surface area contributed by atoms with E-state index in [1.807, 2.05) is 0 Å². The van der Waals surface area contributed by atoms with Gasteiger partial charge in [-0.1, -0.05) is 79.1 Å². The second kappa shape index (κ2) is 59.6. The fourth-order valence-corrected chi connectivity index (χ4v) is 30.1. The summed E-state index contributed by atoms with van der Waals surface area (Å²) in [6, 6.07) is 0. The molecule has 0 radical (unpaired) electrons. The summed E-state index contributed by atoms with van der Waals surface area (Å²) < 4.78 is 32.0. The van der Waals surface area contributed by atoms with Gasteiger partial charge in [0.15, 0.2) is 0 Å². The van der Waals surface area contributed by atoms with Crippen LogP contribution in [0, 0.1) is 0 Å². The van der Waals surface area contributed by atoms with Crippen LogP contribution in [0.15, 0.2) is 0 Å². The molecule has 0 aromatic rings. The van der Waals surface area contributed by atoms with Crippen LogP contribution in [0.3, 0.4) is 0 Å². The van der Waals surface area contributed by atoms with E-state index in [4.69, 9.17) is 8.62 Å². The molecular weight excluding hydrogens is 1010 g/mol. The Morgan fingerprint density at radius 1 is 0.179 bits per heavy atom. The molecule has 0 spiro atoms. The molecule has 3 nitrogen and oxygen atoms in total. The maximum absolute atomic E-state index is 16.0. The van der Waals surface area contributed by atoms with Crippen LogP contribution in [-0.4, -0.2) is 49.3 Å². The molecule has 0 aliphatic rings. The fraction of sp³-hybridized carbons (Fsp3) is 1.00. The minimum absolute atomic E-state index is 1.20.